The molecule has 3 amide bonds. The average Bonchev–Trinajstić information content (AvgIpc) is 2.91. The molecule has 0 bridgehead atoms. The second kappa shape index (κ2) is 18.6. The lowest BCUT2D eigenvalue weighted by Crippen LogP contribution is -2.45. The number of primary amides is 1. The van der Waals surface area contributed by atoms with E-state index in [0.29, 0.717) is 37.5 Å². The summed E-state index contributed by atoms with van der Waals surface area (Å²) in [6, 6.07) is 6.58. The minimum Gasteiger partial charge on any atom is -0.493 e. The third-order valence-electron chi connectivity index (χ3n) is 7.37. The molecular weight excluding hydrogens is 512 g/mol. The number of ether oxygens (including phenoxy) is 2. The van der Waals surface area contributed by atoms with Crippen molar-refractivity contribution in [3.05, 3.63) is 29.8 Å². The van der Waals surface area contributed by atoms with Gasteiger partial charge in [0.25, 0.3) is 5.91 Å². The number of unbranched alkanes of at least 4 members (excludes halogenated alkanes) is 1. The van der Waals surface area contributed by atoms with Crippen LogP contribution in [0.25, 0.3) is 0 Å². The first-order chi connectivity index (χ1) is 18.9. The number of nitrogens with two attached hydrogens (primary N) is 2. The summed E-state index contributed by atoms with van der Waals surface area (Å²) in [6.45, 7) is 11.3. The van der Waals surface area contributed by atoms with E-state index >= 15 is 0 Å². The molecule has 0 heterocycles. The molecule has 1 aromatic rings. The fourth-order valence-electron chi connectivity index (χ4n) is 4.33. The predicted molar refractivity (Wildman–Crippen MR) is 157 cm³/mol. The fraction of sp³-hybridized carbons (Fsp3) is 0.700. The van der Waals surface area contributed by atoms with Crippen LogP contribution in [0.5, 0.6) is 5.75 Å². The van der Waals surface area contributed by atoms with E-state index < -0.39 is 29.9 Å². The largest absolute Gasteiger partial charge is 0.493 e. The van der Waals surface area contributed by atoms with Crippen LogP contribution in [0.15, 0.2) is 24.3 Å². The smallest absolute Gasteiger partial charge is 0.255 e. The Balaban J connectivity index is 2.72. The number of methoxy groups -OCH3 is 1. The highest BCUT2D eigenvalue weighted by Crippen LogP contribution is 2.24. The van der Waals surface area contributed by atoms with Crippen molar-refractivity contribution in [2.45, 2.75) is 72.4 Å². The van der Waals surface area contributed by atoms with E-state index in [1.165, 1.54) is 0 Å². The summed E-state index contributed by atoms with van der Waals surface area (Å²) in [5.74, 6) is -1.18. The number of aliphatic hydroxyl groups is 1. The van der Waals surface area contributed by atoms with Gasteiger partial charge in [0.1, 0.15) is 5.75 Å². The maximum absolute atomic E-state index is 13.0. The molecular formula is C30H52N4O6. The Morgan fingerprint density at radius 2 is 1.57 bits per heavy atom. The first-order valence-electron chi connectivity index (χ1n) is 14.4. The van der Waals surface area contributed by atoms with Crippen LogP contribution in [0.1, 0.15) is 70.7 Å². The molecule has 0 radical (unpaired) electrons. The van der Waals surface area contributed by atoms with E-state index in [-0.39, 0.29) is 42.5 Å². The van der Waals surface area contributed by atoms with Gasteiger partial charge >= 0.3 is 0 Å². The van der Waals surface area contributed by atoms with Gasteiger partial charge in [-0.15, -0.1) is 0 Å². The maximum Gasteiger partial charge on any atom is 0.255 e. The lowest BCUT2D eigenvalue weighted by Gasteiger charge is -2.30. The summed E-state index contributed by atoms with van der Waals surface area (Å²) < 4.78 is 10.9. The molecule has 1 rings (SSSR count). The molecule has 4 unspecified atom stereocenters. The zero-order chi connectivity index (χ0) is 30.2. The normalized spacial score (nSPS) is 15.2. The van der Waals surface area contributed by atoms with Crippen molar-refractivity contribution in [3.63, 3.8) is 0 Å². The number of benzene rings is 1. The third kappa shape index (κ3) is 12.7. The van der Waals surface area contributed by atoms with Gasteiger partial charge in [0.15, 0.2) is 0 Å². The van der Waals surface area contributed by atoms with Crippen LogP contribution in [0.2, 0.25) is 0 Å². The number of para-hydroxylation sites is 1. The molecule has 0 saturated carbocycles. The zero-order valence-corrected chi connectivity index (χ0v) is 25.2. The number of hydrogen-bond donors (Lipinski definition) is 5. The van der Waals surface area contributed by atoms with Gasteiger partial charge in [0, 0.05) is 38.8 Å². The Morgan fingerprint density at radius 1 is 0.925 bits per heavy atom. The van der Waals surface area contributed by atoms with Crippen LogP contribution in [-0.4, -0.2) is 68.4 Å². The molecule has 10 heteroatoms. The quantitative estimate of drug-likeness (QED) is 0.152. The second-order valence-electron chi connectivity index (χ2n) is 11.4. The summed E-state index contributed by atoms with van der Waals surface area (Å²) in [6.07, 6.45) is 1.47. The molecule has 0 aliphatic carbocycles. The number of carbonyl (C=O) groups is 3. The highest BCUT2D eigenvalue weighted by molar-refractivity contribution is 5.96. The van der Waals surface area contributed by atoms with Crippen molar-refractivity contribution < 1.29 is 29.0 Å². The number of carbonyl (C=O) groups excluding carboxylic acids is 3. The van der Waals surface area contributed by atoms with Gasteiger partial charge in [0.05, 0.1) is 24.2 Å². The highest BCUT2D eigenvalue weighted by Gasteiger charge is 2.30. The number of rotatable bonds is 20. The van der Waals surface area contributed by atoms with E-state index in [1.54, 1.807) is 32.2 Å². The molecule has 0 spiro atoms. The van der Waals surface area contributed by atoms with Crippen molar-refractivity contribution >= 4 is 17.7 Å². The molecule has 1 aromatic carbocycles. The highest BCUT2D eigenvalue weighted by atomic mass is 16.5. The van der Waals surface area contributed by atoms with Gasteiger partial charge < -0.3 is 36.7 Å². The van der Waals surface area contributed by atoms with Crippen LogP contribution in [-0.2, 0) is 14.3 Å². The Bertz CT molecular complexity index is 910. The first-order valence-corrected chi connectivity index (χ1v) is 14.4. The molecule has 228 valence electrons. The molecule has 0 aliphatic heterocycles. The number of aliphatic hydroxyl groups excluding tert-OH is 1. The summed E-state index contributed by atoms with van der Waals surface area (Å²) in [5, 5.41) is 16.7. The van der Waals surface area contributed by atoms with Gasteiger partial charge in [-0.25, -0.2) is 0 Å². The van der Waals surface area contributed by atoms with E-state index in [9.17, 15) is 19.5 Å². The van der Waals surface area contributed by atoms with E-state index in [4.69, 9.17) is 20.9 Å². The Morgan fingerprint density at radius 3 is 2.17 bits per heavy atom. The van der Waals surface area contributed by atoms with Crippen molar-refractivity contribution in [1.29, 1.82) is 0 Å². The lowest BCUT2D eigenvalue weighted by atomic mass is 9.83. The standard InChI is InChI=1S/C30H52N4O6/c1-19(2)22(18-34-29(37)23-11-7-8-12-27(23)40-14-10-9-13-39-6)15-25(31)26(35)16-24(20(3)4)30(38)33-17-21(5)28(32)36/h7-8,11-12,19-22,24-26,35H,9-10,13-18,31H2,1-6H3,(H2,32,36)(H,33,38)(H,34,37)/t21?,22-,24?,25?,26?/m0/s1. The van der Waals surface area contributed by atoms with Crippen molar-refractivity contribution in [1.82, 2.24) is 10.6 Å². The van der Waals surface area contributed by atoms with Gasteiger partial charge in [0.2, 0.25) is 11.8 Å². The summed E-state index contributed by atoms with van der Waals surface area (Å²) in [5.41, 5.74) is 12.2. The molecule has 0 aromatic heterocycles. The maximum atomic E-state index is 13.0. The van der Waals surface area contributed by atoms with Crippen LogP contribution >= 0.6 is 0 Å². The number of amides is 3. The van der Waals surface area contributed by atoms with Crippen LogP contribution in [0.3, 0.4) is 0 Å². The molecule has 40 heavy (non-hydrogen) atoms. The Labute approximate surface area is 239 Å². The molecule has 0 aliphatic rings. The predicted octanol–water partition coefficient (Wildman–Crippen LogP) is 2.47. The van der Waals surface area contributed by atoms with E-state index in [2.05, 4.69) is 24.5 Å². The van der Waals surface area contributed by atoms with E-state index in [0.717, 1.165) is 12.8 Å². The molecule has 7 N–H and O–H groups in total. The fourth-order valence-corrected chi connectivity index (χ4v) is 4.33. The van der Waals surface area contributed by atoms with E-state index in [1.807, 2.05) is 19.9 Å². The van der Waals surface area contributed by atoms with Gasteiger partial charge in [-0.2, -0.15) is 0 Å². The van der Waals surface area contributed by atoms with Crippen molar-refractivity contribution in [3.8, 4) is 5.75 Å². The first kappa shape index (κ1) is 35.3. The summed E-state index contributed by atoms with van der Waals surface area (Å²) >= 11 is 0. The SMILES string of the molecule is COCCCCOc1ccccc1C(=O)NC[C@H](CC(N)C(O)CC(C(=O)NCC(C)C(N)=O)C(C)C)C(C)C. The lowest BCUT2D eigenvalue weighted by molar-refractivity contribution is -0.128. The molecule has 5 atom stereocenters. The minimum atomic E-state index is -0.907. The average molecular weight is 565 g/mol. The topological polar surface area (TPSA) is 166 Å². The Hall–Kier alpha value is -2.69. The summed E-state index contributed by atoms with van der Waals surface area (Å²) in [4.78, 5) is 37.1. The van der Waals surface area contributed by atoms with Gasteiger partial charge in [-0.3, -0.25) is 14.4 Å². The van der Waals surface area contributed by atoms with Crippen LogP contribution in [0.4, 0.5) is 0 Å². The zero-order valence-electron chi connectivity index (χ0n) is 25.2. The van der Waals surface area contributed by atoms with Crippen LogP contribution in [0, 0.1) is 29.6 Å². The van der Waals surface area contributed by atoms with Crippen molar-refractivity contribution in [2.24, 2.45) is 41.1 Å². The molecule has 0 fully saturated rings. The monoisotopic (exact) mass is 564 g/mol. The number of nitrogens with one attached hydrogen (secondary N) is 2. The second-order valence-corrected chi connectivity index (χ2v) is 11.4. The Kier molecular flexibility index (Phi) is 16.4. The minimum absolute atomic E-state index is 0.0125. The van der Waals surface area contributed by atoms with Gasteiger partial charge in [-0.1, -0.05) is 46.8 Å². The molecule has 10 nitrogen and oxygen atoms in total. The van der Waals surface area contributed by atoms with Crippen LogP contribution < -0.4 is 26.8 Å². The number of hydrogen-bond acceptors (Lipinski definition) is 7. The third-order valence-corrected chi connectivity index (χ3v) is 7.37. The van der Waals surface area contributed by atoms with Gasteiger partial charge in [-0.05, 0) is 55.6 Å². The summed E-state index contributed by atoms with van der Waals surface area (Å²) in [7, 11) is 1.66. The molecule has 0 saturated heterocycles. The van der Waals surface area contributed by atoms with Crippen molar-refractivity contribution in [2.75, 3.05) is 33.4 Å².